The Morgan fingerprint density at radius 1 is 1.20 bits per heavy atom. The van der Waals surface area contributed by atoms with Crippen LogP contribution < -0.4 is 0 Å². The molecular formula is C12H26GeO2. The third-order valence-electron chi connectivity index (χ3n) is 4.09. The fourth-order valence-corrected chi connectivity index (χ4v) is 8.33. The second-order valence-electron chi connectivity index (χ2n) is 6.73. The molecule has 1 aliphatic rings. The van der Waals surface area contributed by atoms with Crippen molar-refractivity contribution >= 4 is 13.3 Å². The Bertz CT molecular complexity index is 232. The van der Waals surface area contributed by atoms with E-state index in [2.05, 4.69) is 31.1 Å². The molecule has 90 valence electrons. The predicted molar refractivity (Wildman–Crippen MR) is 66.7 cm³/mol. The average Bonchev–Trinajstić information content (AvgIpc) is 2.00. The van der Waals surface area contributed by atoms with Crippen molar-refractivity contribution < 1.29 is 9.84 Å². The Kier molecular flexibility index (Phi) is 3.65. The molecule has 2 nitrogen and oxygen atoms in total. The van der Waals surface area contributed by atoms with Gasteiger partial charge in [0, 0.05) is 0 Å². The molecule has 15 heavy (non-hydrogen) atoms. The number of ether oxygens (including phenoxy) is 1. The van der Waals surface area contributed by atoms with Crippen LogP contribution in [0.5, 0.6) is 0 Å². The standard InChI is InChI=1S/C12H26GeO2/c1-11(2)7-8-12(15-6,10(14)9-11)13(3,4)5/h10,14H,7-9H2,1-6H3/t10-,12-/m0/s1. The van der Waals surface area contributed by atoms with Crippen LogP contribution in [0.15, 0.2) is 0 Å². The van der Waals surface area contributed by atoms with Crippen LogP contribution >= 0.6 is 0 Å². The van der Waals surface area contributed by atoms with E-state index in [0.29, 0.717) is 0 Å². The van der Waals surface area contributed by atoms with Gasteiger partial charge in [-0.15, -0.1) is 0 Å². The molecule has 3 heteroatoms. The molecule has 1 saturated carbocycles. The minimum absolute atomic E-state index is 0.185. The maximum atomic E-state index is 10.4. The van der Waals surface area contributed by atoms with Gasteiger partial charge in [-0.05, 0) is 0 Å². The molecule has 0 spiro atoms. The van der Waals surface area contributed by atoms with Gasteiger partial charge in [-0.25, -0.2) is 0 Å². The van der Waals surface area contributed by atoms with Crippen LogP contribution in [0, 0.1) is 5.41 Å². The zero-order valence-electron chi connectivity index (χ0n) is 11.1. The zero-order valence-corrected chi connectivity index (χ0v) is 13.2. The molecule has 2 atom stereocenters. The van der Waals surface area contributed by atoms with Gasteiger partial charge in [-0.2, -0.15) is 0 Å². The molecule has 1 N–H and O–H groups in total. The number of aliphatic hydroxyl groups excluding tert-OH is 1. The SMILES string of the molecule is CO[C@@]1([Ge]([CH3])([CH3])[CH3])CCC(C)(C)C[C@@H]1O. The van der Waals surface area contributed by atoms with Crippen LogP contribution in [0.25, 0.3) is 0 Å². The normalized spacial score (nSPS) is 36.6. The number of hydrogen-bond donors (Lipinski definition) is 1. The van der Waals surface area contributed by atoms with E-state index < -0.39 is 13.3 Å². The molecule has 0 unspecified atom stereocenters. The predicted octanol–water partition coefficient (Wildman–Crippen LogP) is 2.82. The van der Waals surface area contributed by atoms with Crippen molar-refractivity contribution in [2.75, 3.05) is 7.11 Å². The molecule has 1 rings (SSSR count). The van der Waals surface area contributed by atoms with Gasteiger partial charge in [-0.1, -0.05) is 0 Å². The minimum atomic E-state index is -2.03. The van der Waals surface area contributed by atoms with Crippen molar-refractivity contribution in [3.8, 4) is 0 Å². The zero-order chi connectivity index (χ0) is 11.9. The number of methoxy groups -OCH3 is 1. The summed E-state index contributed by atoms with van der Waals surface area (Å²) in [5.74, 6) is 7.02. The van der Waals surface area contributed by atoms with Crippen molar-refractivity contribution in [1.82, 2.24) is 0 Å². The number of rotatable bonds is 2. The molecule has 1 fully saturated rings. The van der Waals surface area contributed by atoms with Gasteiger partial charge in [0.05, 0.1) is 0 Å². The van der Waals surface area contributed by atoms with Crippen LogP contribution in [-0.4, -0.2) is 36.0 Å². The first-order chi connectivity index (χ1) is 6.65. The Labute approximate surface area is 96.8 Å². The third kappa shape index (κ3) is 2.42. The van der Waals surface area contributed by atoms with Crippen LogP contribution in [-0.2, 0) is 4.74 Å². The molecule has 0 bridgehead atoms. The van der Waals surface area contributed by atoms with E-state index in [-0.39, 0.29) is 16.0 Å². The summed E-state index contributed by atoms with van der Waals surface area (Å²) < 4.78 is 5.60. The van der Waals surface area contributed by atoms with Gasteiger partial charge >= 0.3 is 96.6 Å². The molecule has 0 aromatic heterocycles. The van der Waals surface area contributed by atoms with E-state index in [0.717, 1.165) is 12.8 Å². The van der Waals surface area contributed by atoms with Crippen molar-refractivity contribution in [3.05, 3.63) is 0 Å². The van der Waals surface area contributed by atoms with Gasteiger partial charge in [0.25, 0.3) is 0 Å². The van der Waals surface area contributed by atoms with Crippen LogP contribution in [0.4, 0.5) is 0 Å². The molecule has 0 saturated heterocycles. The summed E-state index contributed by atoms with van der Waals surface area (Å²) in [5.41, 5.74) is 0.273. The Hall–Kier alpha value is 0.463. The second-order valence-corrected chi connectivity index (χ2v) is 17.9. The molecule has 0 radical (unpaired) electrons. The summed E-state index contributed by atoms with van der Waals surface area (Å²) in [6.07, 6.45) is 2.80. The fourth-order valence-electron chi connectivity index (χ4n) is 2.90. The van der Waals surface area contributed by atoms with E-state index in [4.69, 9.17) is 4.74 Å². The molecular weight excluding hydrogens is 249 g/mol. The second kappa shape index (κ2) is 4.04. The summed E-state index contributed by atoms with van der Waals surface area (Å²) in [5, 5.41) is 10.4. The van der Waals surface area contributed by atoms with Crippen molar-refractivity contribution in [1.29, 1.82) is 0 Å². The van der Waals surface area contributed by atoms with Gasteiger partial charge < -0.3 is 0 Å². The molecule has 0 aromatic carbocycles. The first-order valence-electron chi connectivity index (χ1n) is 5.88. The van der Waals surface area contributed by atoms with E-state index in [1.807, 2.05) is 0 Å². The van der Waals surface area contributed by atoms with E-state index in [1.54, 1.807) is 7.11 Å². The average molecular weight is 275 g/mol. The quantitative estimate of drug-likeness (QED) is 0.785. The Balaban J connectivity index is 2.95. The van der Waals surface area contributed by atoms with E-state index >= 15 is 0 Å². The Morgan fingerprint density at radius 3 is 2.07 bits per heavy atom. The van der Waals surface area contributed by atoms with Crippen molar-refractivity contribution in [2.24, 2.45) is 5.41 Å². The summed E-state index contributed by atoms with van der Waals surface area (Å²) in [7, 11) is 1.78. The molecule has 0 aliphatic heterocycles. The van der Waals surface area contributed by atoms with Gasteiger partial charge in [0.1, 0.15) is 0 Å². The van der Waals surface area contributed by atoms with Crippen molar-refractivity contribution in [3.63, 3.8) is 0 Å². The summed E-state index contributed by atoms with van der Waals surface area (Å²) in [4.78, 5) is 0. The van der Waals surface area contributed by atoms with Gasteiger partial charge in [-0.3, -0.25) is 0 Å². The summed E-state index contributed by atoms with van der Waals surface area (Å²) in [6.45, 7) is 4.48. The van der Waals surface area contributed by atoms with Crippen LogP contribution in [0.1, 0.15) is 33.1 Å². The first kappa shape index (κ1) is 13.5. The molecule has 0 aromatic rings. The van der Waals surface area contributed by atoms with Crippen LogP contribution in [0.2, 0.25) is 17.3 Å². The summed E-state index contributed by atoms with van der Waals surface area (Å²) >= 11 is -2.03. The maximum absolute atomic E-state index is 10.4. The Morgan fingerprint density at radius 2 is 1.73 bits per heavy atom. The van der Waals surface area contributed by atoms with Crippen LogP contribution in [0.3, 0.4) is 0 Å². The molecule has 0 heterocycles. The van der Waals surface area contributed by atoms with Crippen molar-refractivity contribution in [2.45, 2.75) is 60.9 Å². The topological polar surface area (TPSA) is 29.5 Å². The monoisotopic (exact) mass is 276 g/mol. The number of hydrogen-bond acceptors (Lipinski definition) is 2. The van der Waals surface area contributed by atoms with Gasteiger partial charge in [0.15, 0.2) is 0 Å². The molecule has 0 amide bonds. The molecule has 1 aliphatic carbocycles. The van der Waals surface area contributed by atoms with E-state index in [9.17, 15) is 5.11 Å². The van der Waals surface area contributed by atoms with E-state index in [1.165, 1.54) is 6.42 Å². The summed E-state index contributed by atoms with van der Waals surface area (Å²) in [6, 6.07) is 0. The van der Waals surface area contributed by atoms with Gasteiger partial charge in [0.2, 0.25) is 0 Å². The fraction of sp³-hybridized carbons (Fsp3) is 1.00. The third-order valence-corrected chi connectivity index (χ3v) is 11.1. The first-order valence-corrected chi connectivity index (χ1v) is 13.2. The number of aliphatic hydroxyl groups is 1.